The summed E-state index contributed by atoms with van der Waals surface area (Å²) in [6.45, 7) is 6.95. The van der Waals surface area contributed by atoms with Gasteiger partial charge in [-0.15, -0.1) is 24.8 Å². The van der Waals surface area contributed by atoms with E-state index < -0.39 is 0 Å². The van der Waals surface area contributed by atoms with E-state index in [0.717, 1.165) is 19.5 Å². The van der Waals surface area contributed by atoms with E-state index in [-0.39, 0.29) is 48.7 Å². The smallest absolute Gasteiger partial charge is 0.225 e. The highest BCUT2D eigenvalue weighted by Gasteiger charge is 2.49. The molecule has 0 aliphatic heterocycles. The van der Waals surface area contributed by atoms with Crippen LogP contribution in [0.25, 0.3) is 0 Å². The number of hydrogen-bond acceptors (Lipinski definition) is 3. The maximum atomic E-state index is 12.8. The average molecular weight is 402 g/mol. The van der Waals surface area contributed by atoms with Crippen LogP contribution in [0.15, 0.2) is 30.3 Å². The molecule has 0 heterocycles. The quantitative estimate of drug-likeness (QED) is 0.735. The zero-order valence-electron chi connectivity index (χ0n) is 15.8. The van der Waals surface area contributed by atoms with Gasteiger partial charge in [0.2, 0.25) is 5.91 Å². The first-order valence-corrected chi connectivity index (χ1v) is 9.48. The third kappa shape index (κ3) is 4.72. The molecular weight excluding hydrogens is 369 g/mol. The summed E-state index contributed by atoms with van der Waals surface area (Å²) in [6.07, 6.45) is 3.54. The van der Waals surface area contributed by atoms with E-state index in [2.05, 4.69) is 48.3 Å². The summed E-state index contributed by atoms with van der Waals surface area (Å²) in [5.74, 6) is 1.27. The molecule has 3 N–H and O–H groups in total. The standard InChI is InChI=1S/C20H31N3O.2ClH/c1-3-23(4-2)17(14-8-6-5-7-9-14)13-22-20(24)18-15-10-11-16(12-15)19(18)21;;/h5-9,15-19H,3-4,10-13,21H2,1-2H3,(H,22,24);2*1H. The van der Waals surface area contributed by atoms with Gasteiger partial charge in [0.1, 0.15) is 0 Å². The molecule has 6 heteroatoms. The van der Waals surface area contributed by atoms with Crippen molar-refractivity contribution in [2.24, 2.45) is 23.5 Å². The second-order valence-corrected chi connectivity index (χ2v) is 7.33. The van der Waals surface area contributed by atoms with Crippen molar-refractivity contribution in [2.45, 2.75) is 45.2 Å². The lowest BCUT2D eigenvalue weighted by Crippen LogP contribution is -2.47. The van der Waals surface area contributed by atoms with Crippen molar-refractivity contribution in [3.8, 4) is 0 Å². The first-order chi connectivity index (χ1) is 11.7. The summed E-state index contributed by atoms with van der Waals surface area (Å²) in [7, 11) is 0. The molecule has 0 aromatic heterocycles. The molecule has 2 aliphatic carbocycles. The van der Waals surface area contributed by atoms with Gasteiger partial charge < -0.3 is 11.1 Å². The van der Waals surface area contributed by atoms with Crippen molar-refractivity contribution >= 4 is 30.7 Å². The first-order valence-electron chi connectivity index (χ1n) is 9.48. The predicted molar refractivity (Wildman–Crippen MR) is 112 cm³/mol. The minimum atomic E-state index is 0. The number of nitrogens with zero attached hydrogens (tertiary/aromatic N) is 1. The number of likely N-dealkylation sites (N-methyl/N-ethyl adjacent to an activating group) is 1. The number of nitrogens with one attached hydrogen (secondary N) is 1. The summed E-state index contributed by atoms with van der Waals surface area (Å²) < 4.78 is 0. The summed E-state index contributed by atoms with van der Waals surface area (Å²) in [4.78, 5) is 15.2. The molecule has 1 aromatic rings. The maximum absolute atomic E-state index is 12.8. The van der Waals surface area contributed by atoms with Crippen LogP contribution in [0.4, 0.5) is 0 Å². The highest BCUT2D eigenvalue weighted by molar-refractivity contribution is 5.85. The van der Waals surface area contributed by atoms with Crippen molar-refractivity contribution < 1.29 is 4.79 Å². The minimum absolute atomic E-state index is 0. The molecule has 2 aliphatic rings. The molecule has 148 valence electrons. The number of carbonyl (C=O) groups excluding carboxylic acids is 1. The fraction of sp³-hybridized carbons (Fsp3) is 0.650. The highest BCUT2D eigenvalue weighted by Crippen LogP contribution is 2.47. The summed E-state index contributed by atoms with van der Waals surface area (Å²) in [5.41, 5.74) is 7.59. The van der Waals surface area contributed by atoms with Crippen LogP contribution in [0.5, 0.6) is 0 Å². The summed E-state index contributed by atoms with van der Waals surface area (Å²) in [6, 6.07) is 10.8. The van der Waals surface area contributed by atoms with Crippen LogP contribution in [0.1, 0.15) is 44.7 Å². The van der Waals surface area contributed by atoms with Gasteiger partial charge in [0.05, 0.1) is 12.0 Å². The van der Waals surface area contributed by atoms with Gasteiger partial charge in [-0.05, 0) is 49.8 Å². The van der Waals surface area contributed by atoms with Crippen LogP contribution in [-0.4, -0.2) is 36.5 Å². The van der Waals surface area contributed by atoms with Crippen molar-refractivity contribution in [1.29, 1.82) is 0 Å². The summed E-state index contributed by atoms with van der Waals surface area (Å²) >= 11 is 0. The van der Waals surface area contributed by atoms with E-state index in [0.29, 0.717) is 18.4 Å². The Morgan fingerprint density at radius 2 is 1.77 bits per heavy atom. The number of carbonyl (C=O) groups is 1. The number of benzene rings is 1. The lowest BCUT2D eigenvalue weighted by Gasteiger charge is -2.32. The number of amides is 1. The highest BCUT2D eigenvalue weighted by atomic mass is 35.5. The van der Waals surface area contributed by atoms with Crippen molar-refractivity contribution in [3.05, 3.63) is 35.9 Å². The van der Waals surface area contributed by atoms with Crippen LogP contribution in [0.3, 0.4) is 0 Å². The monoisotopic (exact) mass is 401 g/mol. The molecule has 0 saturated heterocycles. The minimum Gasteiger partial charge on any atom is -0.354 e. The Balaban J connectivity index is 0.00000169. The molecular formula is C20H33Cl2N3O. The van der Waals surface area contributed by atoms with Crippen LogP contribution in [-0.2, 0) is 4.79 Å². The third-order valence-electron chi connectivity index (χ3n) is 6.19. The SMILES string of the molecule is CCN(CC)C(CNC(=O)C1C2CCC(C2)C1N)c1ccccc1.Cl.Cl. The van der Waals surface area contributed by atoms with Gasteiger partial charge in [0.15, 0.2) is 0 Å². The van der Waals surface area contributed by atoms with E-state index in [1.165, 1.54) is 18.4 Å². The van der Waals surface area contributed by atoms with Gasteiger partial charge >= 0.3 is 0 Å². The van der Waals surface area contributed by atoms with E-state index >= 15 is 0 Å². The lowest BCUT2D eigenvalue weighted by molar-refractivity contribution is -0.127. The molecule has 2 saturated carbocycles. The Morgan fingerprint density at radius 1 is 1.15 bits per heavy atom. The maximum Gasteiger partial charge on any atom is 0.225 e. The Morgan fingerprint density at radius 3 is 2.31 bits per heavy atom. The fourth-order valence-corrected chi connectivity index (χ4v) is 4.84. The van der Waals surface area contributed by atoms with Crippen LogP contribution < -0.4 is 11.1 Å². The second-order valence-electron chi connectivity index (χ2n) is 7.33. The van der Waals surface area contributed by atoms with Crippen LogP contribution in [0, 0.1) is 17.8 Å². The molecule has 0 radical (unpaired) electrons. The largest absolute Gasteiger partial charge is 0.354 e. The molecule has 2 fully saturated rings. The third-order valence-corrected chi connectivity index (χ3v) is 6.19. The van der Waals surface area contributed by atoms with E-state index in [1.807, 2.05) is 6.07 Å². The number of nitrogens with two attached hydrogens (primary N) is 1. The molecule has 5 atom stereocenters. The molecule has 5 unspecified atom stereocenters. The zero-order valence-corrected chi connectivity index (χ0v) is 17.4. The van der Waals surface area contributed by atoms with Gasteiger partial charge in [-0.2, -0.15) is 0 Å². The topological polar surface area (TPSA) is 58.4 Å². The first kappa shape index (κ1) is 23.2. The lowest BCUT2D eigenvalue weighted by atomic mass is 9.84. The Bertz CT molecular complexity index is 551. The van der Waals surface area contributed by atoms with Crippen LogP contribution in [0.2, 0.25) is 0 Å². The number of hydrogen-bond donors (Lipinski definition) is 2. The van der Waals surface area contributed by atoms with Gasteiger partial charge in [0, 0.05) is 12.6 Å². The van der Waals surface area contributed by atoms with Gasteiger partial charge in [-0.25, -0.2) is 0 Å². The van der Waals surface area contributed by atoms with E-state index in [9.17, 15) is 4.79 Å². The zero-order chi connectivity index (χ0) is 17.1. The number of rotatable bonds is 7. The fourth-order valence-electron chi connectivity index (χ4n) is 4.84. The predicted octanol–water partition coefficient (Wildman–Crippen LogP) is 3.40. The van der Waals surface area contributed by atoms with Crippen LogP contribution >= 0.6 is 24.8 Å². The van der Waals surface area contributed by atoms with Gasteiger partial charge in [-0.3, -0.25) is 9.69 Å². The molecule has 1 amide bonds. The Kier molecular flexibility index (Phi) is 9.39. The molecule has 3 rings (SSSR count). The number of fused-ring (bicyclic) bond motifs is 2. The van der Waals surface area contributed by atoms with Crippen molar-refractivity contribution in [3.63, 3.8) is 0 Å². The summed E-state index contributed by atoms with van der Waals surface area (Å²) in [5, 5.41) is 3.23. The Labute approximate surface area is 170 Å². The molecule has 1 aromatic carbocycles. The second kappa shape index (κ2) is 10.5. The average Bonchev–Trinajstić information content (AvgIpc) is 3.20. The molecule has 0 spiro atoms. The molecule has 2 bridgehead atoms. The number of halogens is 2. The van der Waals surface area contributed by atoms with E-state index in [1.54, 1.807) is 0 Å². The Hall–Kier alpha value is -0.810. The van der Waals surface area contributed by atoms with Gasteiger partial charge in [0.25, 0.3) is 0 Å². The molecule has 26 heavy (non-hydrogen) atoms. The normalized spacial score (nSPS) is 27.5. The van der Waals surface area contributed by atoms with Crippen molar-refractivity contribution in [1.82, 2.24) is 10.2 Å². The van der Waals surface area contributed by atoms with E-state index in [4.69, 9.17) is 5.73 Å². The van der Waals surface area contributed by atoms with Crippen molar-refractivity contribution in [2.75, 3.05) is 19.6 Å². The van der Waals surface area contributed by atoms with Gasteiger partial charge in [-0.1, -0.05) is 44.2 Å². The molecule has 4 nitrogen and oxygen atoms in total.